The zero-order chi connectivity index (χ0) is 19.1. The van der Waals surface area contributed by atoms with Crippen LogP contribution >= 0.6 is 11.6 Å². The van der Waals surface area contributed by atoms with Crippen molar-refractivity contribution in [3.05, 3.63) is 64.7 Å². The van der Waals surface area contributed by atoms with Gasteiger partial charge >= 0.3 is 6.61 Å². The van der Waals surface area contributed by atoms with Gasteiger partial charge in [0.05, 0.1) is 13.1 Å². The van der Waals surface area contributed by atoms with Crippen LogP contribution in [0.3, 0.4) is 0 Å². The van der Waals surface area contributed by atoms with Gasteiger partial charge in [-0.3, -0.25) is 4.79 Å². The molecule has 26 heavy (non-hydrogen) atoms. The first kappa shape index (κ1) is 20.1. The van der Waals surface area contributed by atoms with Crippen LogP contribution in [0.1, 0.15) is 24.1 Å². The molecule has 0 aliphatic heterocycles. The fourth-order valence-electron chi connectivity index (χ4n) is 2.60. The molecule has 0 bridgehead atoms. The van der Waals surface area contributed by atoms with Crippen LogP contribution in [0.5, 0.6) is 5.75 Å². The predicted molar refractivity (Wildman–Crippen MR) is 96.5 cm³/mol. The van der Waals surface area contributed by atoms with E-state index >= 15 is 0 Å². The standard InChI is InChI=1S/C19H21ClF2N2O2/c1-13(15-5-7-16(20)8-6-15)23-18(25)12-24(2)11-14-3-9-17(10-4-14)26-19(21)22/h3-10,13,19H,11-12H2,1-2H3,(H,23,25)/p+1/t13-/m1/s1. The number of benzene rings is 2. The van der Waals surface area contributed by atoms with Gasteiger partial charge in [0.25, 0.3) is 5.91 Å². The normalized spacial score (nSPS) is 13.3. The topological polar surface area (TPSA) is 42.8 Å². The highest BCUT2D eigenvalue weighted by molar-refractivity contribution is 6.30. The molecule has 0 fully saturated rings. The van der Waals surface area contributed by atoms with E-state index in [2.05, 4.69) is 10.1 Å². The number of amides is 1. The highest BCUT2D eigenvalue weighted by Crippen LogP contribution is 2.16. The minimum Gasteiger partial charge on any atom is -0.435 e. The molecule has 0 saturated heterocycles. The van der Waals surface area contributed by atoms with Crippen molar-refractivity contribution in [2.45, 2.75) is 26.1 Å². The Kier molecular flexibility index (Phi) is 7.36. The summed E-state index contributed by atoms with van der Waals surface area (Å²) in [7, 11) is 1.90. The quantitative estimate of drug-likeness (QED) is 0.736. The Morgan fingerprint density at radius 2 is 1.77 bits per heavy atom. The van der Waals surface area contributed by atoms with Crippen molar-refractivity contribution in [2.24, 2.45) is 0 Å². The van der Waals surface area contributed by atoms with Gasteiger partial charge in [-0.05, 0) is 48.9 Å². The van der Waals surface area contributed by atoms with E-state index in [1.54, 1.807) is 24.3 Å². The molecule has 2 rings (SSSR count). The number of nitrogens with one attached hydrogen (secondary N) is 2. The Morgan fingerprint density at radius 1 is 1.15 bits per heavy atom. The van der Waals surface area contributed by atoms with Gasteiger partial charge in [0.2, 0.25) is 0 Å². The van der Waals surface area contributed by atoms with E-state index in [0.29, 0.717) is 18.1 Å². The Balaban J connectivity index is 1.81. The molecule has 2 N–H and O–H groups in total. The molecule has 0 heterocycles. The summed E-state index contributed by atoms with van der Waals surface area (Å²) >= 11 is 5.87. The maximum atomic E-state index is 12.2. The molecule has 0 aliphatic rings. The molecule has 2 aromatic carbocycles. The SMILES string of the molecule is C[C@@H](NC(=O)C[NH+](C)Cc1ccc(OC(F)F)cc1)c1ccc(Cl)cc1. The molecule has 0 aromatic heterocycles. The third-order valence-electron chi connectivity index (χ3n) is 3.86. The Morgan fingerprint density at radius 3 is 2.35 bits per heavy atom. The zero-order valence-corrected chi connectivity index (χ0v) is 15.4. The molecule has 2 aromatic rings. The zero-order valence-electron chi connectivity index (χ0n) is 14.6. The number of rotatable bonds is 8. The number of carbonyl (C=O) groups excluding carboxylic acids is 1. The summed E-state index contributed by atoms with van der Waals surface area (Å²) in [5.41, 5.74) is 1.91. The average molecular weight is 384 g/mol. The van der Waals surface area contributed by atoms with Crippen LogP contribution in [0.2, 0.25) is 5.02 Å². The second-order valence-electron chi connectivity index (χ2n) is 6.17. The van der Waals surface area contributed by atoms with Crippen LogP contribution in [-0.4, -0.2) is 26.1 Å². The summed E-state index contributed by atoms with van der Waals surface area (Å²) in [6.07, 6.45) is 0. The summed E-state index contributed by atoms with van der Waals surface area (Å²) in [6, 6.07) is 13.7. The first-order valence-electron chi connectivity index (χ1n) is 8.23. The smallest absolute Gasteiger partial charge is 0.387 e. The van der Waals surface area contributed by atoms with Crippen LogP contribution in [0.15, 0.2) is 48.5 Å². The summed E-state index contributed by atoms with van der Waals surface area (Å²) in [4.78, 5) is 13.2. The number of hydrogen-bond donors (Lipinski definition) is 2. The molecule has 0 spiro atoms. The van der Waals surface area contributed by atoms with E-state index in [0.717, 1.165) is 16.0 Å². The molecule has 2 atom stereocenters. The fourth-order valence-corrected chi connectivity index (χ4v) is 2.73. The molecular formula is C19H22ClF2N2O2+. The maximum Gasteiger partial charge on any atom is 0.387 e. The van der Waals surface area contributed by atoms with Crippen LogP contribution in [0.4, 0.5) is 8.78 Å². The second-order valence-corrected chi connectivity index (χ2v) is 6.61. The van der Waals surface area contributed by atoms with Crippen molar-refractivity contribution >= 4 is 17.5 Å². The average Bonchev–Trinajstić information content (AvgIpc) is 2.56. The Labute approximate surface area is 156 Å². The van der Waals surface area contributed by atoms with Gasteiger partial charge in [-0.25, -0.2) is 0 Å². The van der Waals surface area contributed by atoms with Crippen molar-refractivity contribution in [2.75, 3.05) is 13.6 Å². The molecule has 0 radical (unpaired) electrons. The van der Waals surface area contributed by atoms with E-state index in [1.807, 2.05) is 26.1 Å². The molecule has 0 saturated carbocycles. The summed E-state index contributed by atoms with van der Waals surface area (Å²) in [5.74, 6) is 0.0542. The largest absolute Gasteiger partial charge is 0.435 e. The van der Waals surface area contributed by atoms with Gasteiger partial charge in [0.15, 0.2) is 6.54 Å². The summed E-state index contributed by atoms with van der Waals surface area (Å²) in [5, 5.41) is 3.61. The predicted octanol–water partition coefficient (Wildman–Crippen LogP) is 2.83. The van der Waals surface area contributed by atoms with E-state index < -0.39 is 6.61 Å². The summed E-state index contributed by atoms with van der Waals surface area (Å²) < 4.78 is 28.6. The molecule has 1 unspecified atom stereocenters. The fraction of sp³-hybridized carbons (Fsp3) is 0.316. The van der Waals surface area contributed by atoms with Gasteiger partial charge < -0.3 is 15.0 Å². The van der Waals surface area contributed by atoms with Crippen molar-refractivity contribution < 1.29 is 23.2 Å². The lowest BCUT2D eigenvalue weighted by atomic mass is 10.1. The van der Waals surface area contributed by atoms with E-state index in [9.17, 15) is 13.6 Å². The second kappa shape index (κ2) is 9.50. The van der Waals surface area contributed by atoms with Crippen LogP contribution < -0.4 is 15.0 Å². The van der Waals surface area contributed by atoms with Crippen molar-refractivity contribution in [1.29, 1.82) is 0 Å². The number of likely N-dealkylation sites (N-methyl/N-ethyl adjacent to an activating group) is 1. The third kappa shape index (κ3) is 6.61. The number of alkyl halides is 2. The number of ether oxygens (including phenoxy) is 1. The minimum atomic E-state index is -2.83. The van der Waals surface area contributed by atoms with Crippen LogP contribution in [0, 0.1) is 0 Å². The monoisotopic (exact) mass is 383 g/mol. The lowest BCUT2D eigenvalue weighted by molar-refractivity contribution is -0.885. The van der Waals surface area contributed by atoms with Gasteiger partial charge in [0, 0.05) is 10.6 Å². The molecule has 7 heteroatoms. The number of quaternary nitrogens is 1. The van der Waals surface area contributed by atoms with Crippen LogP contribution in [-0.2, 0) is 11.3 Å². The lowest BCUT2D eigenvalue weighted by Gasteiger charge is -2.17. The maximum absolute atomic E-state index is 12.2. The lowest BCUT2D eigenvalue weighted by Crippen LogP contribution is -3.08. The Bertz CT molecular complexity index is 708. The highest BCUT2D eigenvalue weighted by atomic mass is 35.5. The molecule has 0 aliphatic carbocycles. The summed E-state index contributed by atoms with van der Waals surface area (Å²) in [6.45, 7) is -0.0242. The van der Waals surface area contributed by atoms with Gasteiger partial charge in [-0.1, -0.05) is 23.7 Å². The molecule has 4 nitrogen and oxygen atoms in total. The Hall–Kier alpha value is -2.18. The number of halogens is 3. The number of carbonyl (C=O) groups is 1. The first-order valence-corrected chi connectivity index (χ1v) is 8.61. The minimum absolute atomic E-state index is 0.0670. The van der Waals surface area contributed by atoms with E-state index in [4.69, 9.17) is 11.6 Å². The van der Waals surface area contributed by atoms with Crippen molar-refractivity contribution in [1.82, 2.24) is 5.32 Å². The molecule has 1 amide bonds. The first-order chi connectivity index (χ1) is 12.3. The number of hydrogen-bond acceptors (Lipinski definition) is 2. The third-order valence-corrected chi connectivity index (χ3v) is 4.12. The van der Waals surface area contributed by atoms with E-state index in [1.165, 1.54) is 12.1 Å². The van der Waals surface area contributed by atoms with E-state index in [-0.39, 0.29) is 17.7 Å². The highest BCUT2D eigenvalue weighted by Gasteiger charge is 2.14. The van der Waals surface area contributed by atoms with Crippen molar-refractivity contribution in [3.8, 4) is 5.75 Å². The van der Waals surface area contributed by atoms with Crippen molar-refractivity contribution in [3.63, 3.8) is 0 Å². The molecule has 140 valence electrons. The molecular weight excluding hydrogens is 362 g/mol. The van der Waals surface area contributed by atoms with Gasteiger partial charge in [-0.15, -0.1) is 0 Å². The van der Waals surface area contributed by atoms with Crippen LogP contribution in [0.25, 0.3) is 0 Å². The van der Waals surface area contributed by atoms with Gasteiger partial charge in [0.1, 0.15) is 12.3 Å². The van der Waals surface area contributed by atoms with Gasteiger partial charge in [-0.2, -0.15) is 8.78 Å².